The second-order valence-corrected chi connectivity index (χ2v) is 4.28. The van der Waals surface area contributed by atoms with Crippen molar-refractivity contribution < 1.29 is 0 Å². The number of aromatic nitrogens is 6. The van der Waals surface area contributed by atoms with Gasteiger partial charge in [0.05, 0.1) is 0 Å². The Morgan fingerprint density at radius 2 is 1.85 bits per heavy atom. The van der Waals surface area contributed by atoms with Crippen LogP contribution in [0, 0.1) is 0 Å². The zero-order valence-corrected chi connectivity index (χ0v) is 10.9. The van der Waals surface area contributed by atoms with Crippen molar-refractivity contribution in [3.8, 4) is 11.5 Å². The molecule has 20 heavy (non-hydrogen) atoms. The van der Waals surface area contributed by atoms with Crippen LogP contribution in [-0.2, 0) is 0 Å². The lowest BCUT2D eigenvalue weighted by atomic mass is 10.3. The fourth-order valence-electron chi connectivity index (χ4n) is 1.69. The molecule has 0 bridgehead atoms. The van der Waals surface area contributed by atoms with Gasteiger partial charge in [-0.15, -0.1) is 0 Å². The SMILES string of the molecule is CN(C)c1nccc(-c2nc3nccnc3c(=O)[nH]2)n1. The normalized spacial score (nSPS) is 10.7. The van der Waals surface area contributed by atoms with Crippen molar-refractivity contribution in [3.05, 3.63) is 35.0 Å². The van der Waals surface area contributed by atoms with E-state index in [0.717, 1.165) is 0 Å². The monoisotopic (exact) mass is 269 g/mol. The van der Waals surface area contributed by atoms with Crippen LogP contribution in [0.4, 0.5) is 5.95 Å². The van der Waals surface area contributed by atoms with Crippen molar-refractivity contribution in [2.45, 2.75) is 0 Å². The summed E-state index contributed by atoms with van der Waals surface area (Å²) in [6.45, 7) is 0. The molecule has 0 saturated heterocycles. The summed E-state index contributed by atoms with van der Waals surface area (Å²) in [7, 11) is 3.67. The van der Waals surface area contributed by atoms with Crippen molar-refractivity contribution in [2.24, 2.45) is 0 Å². The van der Waals surface area contributed by atoms with Crippen LogP contribution in [0.15, 0.2) is 29.5 Å². The lowest BCUT2D eigenvalue weighted by Crippen LogP contribution is -2.15. The Kier molecular flexibility index (Phi) is 2.82. The van der Waals surface area contributed by atoms with E-state index in [9.17, 15) is 4.79 Å². The minimum Gasteiger partial charge on any atom is -0.347 e. The summed E-state index contributed by atoms with van der Waals surface area (Å²) in [6, 6.07) is 1.67. The first-order chi connectivity index (χ1) is 9.65. The fraction of sp³-hybridized carbons (Fsp3) is 0.167. The quantitative estimate of drug-likeness (QED) is 0.711. The van der Waals surface area contributed by atoms with E-state index < -0.39 is 0 Å². The van der Waals surface area contributed by atoms with E-state index in [0.29, 0.717) is 17.5 Å². The molecule has 1 N–H and O–H groups in total. The van der Waals surface area contributed by atoms with Crippen molar-refractivity contribution in [1.29, 1.82) is 0 Å². The van der Waals surface area contributed by atoms with Crippen LogP contribution in [0.2, 0.25) is 0 Å². The zero-order valence-electron chi connectivity index (χ0n) is 10.9. The molecular weight excluding hydrogens is 258 g/mol. The number of H-pyrrole nitrogens is 1. The smallest absolute Gasteiger partial charge is 0.279 e. The van der Waals surface area contributed by atoms with Crippen LogP contribution in [-0.4, -0.2) is 44.0 Å². The molecule has 3 aromatic heterocycles. The highest BCUT2D eigenvalue weighted by Gasteiger charge is 2.10. The van der Waals surface area contributed by atoms with Gasteiger partial charge in [0.2, 0.25) is 5.95 Å². The molecule has 0 radical (unpaired) electrons. The highest BCUT2D eigenvalue weighted by molar-refractivity contribution is 5.70. The Bertz CT molecular complexity index is 827. The minimum atomic E-state index is -0.344. The maximum atomic E-state index is 11.9. The van der Waals surface area contributed by atoms with Crippen LogP contribution in [0.1, 0.15) is 0 Å². The Morgan fingerprint density at radius 1 is 1.05 bits per heavy atom. The summed E-state index contributed by atoms with van der Waals surface area (Å²) in [6.07, 6.45) is 4.55. The molecular formula is C12H11N7O. The largest absolute Gasteiger partial charge is 0.347 e. The molecule has 0 aromatic carbocycles. The van der Waals surface area contributed by atoms with Gasteiger partial charge in [-0.05, 0) is 6.07 Å². The molecule has 100 valence electrons. The molecule has 8 nitrogen and oxygen atoms in total. The highest BCUT2D eigenvalue weighted by atomic mass is 16.1. The number of rotatable bonds is 2. The molecule has 0 atom stereocenters. The van der Waals surface area contributed by atoms with Crippen LogP contribution in [0.3, 0.4) is 0 Å². The van der Waals surface area contributed by atoms with Crippen molar-refractivity contribution >= 4 is 17.1 Å². The third kappa shape index (κ3) is 2.07. The molecule has 0 aliphatic carbocycles. The third-order valence-corrected chi connectivity index (χ3v) is 2.63. The van der Waals surface area contributed by atoms with E-state index in [1.165, 1.54) is 12.4 Å². The number of hydrogen-bond donors (Lipinski definition) is 1. The first-order valence-corrected chi connectivity index (χ1v) is 5.87. The van der Waals surface area contributed by atoms with E-state index in [1.807, 2.05) is 14.1 Å². The molecule has 0 amide bonds. The molecule has 0 saturated carbocycles. The minimum absolute atomic E-state index is 0.207. The molecule has 0 aliphatic rings. The zero-order chi connectivity index (χ0) is 14.1. The summed E-state index contributed by atoms with van der Waals surface area (Å²) in [5, 5.41) is 0. The maximum Gasteiger partial charge on any atom is 0.279 e. The van der Waals surface area contributed by atoms with Crippen LogP contribution in [0.5, 0.6) is 0 Å². The van der Waals surface area contributed by atoms with Gasteiger partial charge in [0, 0.05) is 32.7 Å². The fourth-order valence-corrected chi connectivity index (χ4v) is 1.69. The summed E-state index contributed by atoms with van der Waals surface area (Å²) < 4.78 is 0. The van der Waals surface area contributed by atoms with Gasteiger partial charge in [-0.2, -0.15) is 0 Å². The molecule has 3 aromatic rings. The standard InChI is InChI=1S/C12H11N7O/c1-19(2)12-15-4-3-7(16-12)9-17-10-8(11(20)18-9)13-5-6-14-10/h3-6H,1-2H3,(H,14,17,18,20). The number of anilines is 1. The second-order valence-electron chi connectivity index (χ2n) is 4.28. The van der Waals surface area contributed by atoms with Crippen molar-refractivity contribution in [3.63, 3.8) is 0 Å². The van der Waals surface area contributed by atoms with Gasteiger partial charge in [0.1, 0.15) is 5.69 Å². The molecule has 3 heterocycles. The van der Waals surface area contributed by atoms with Crippen LogP contribution >= 0.6 is 0 Å². The second kappa shape index (κ2) is 4.65. The van der Waals surface area contributed by atoms with Gasteiger partial charge in [-0.25, -0.2) is 24.9 Å². The van der Waals surface area contributed by atoms with Gasteiger partial charge in [-0.1, -0.05) is 0 Å². The Labute approximate surface area is 113 Å². The van der Waals surface area contributed by atoms with Crippen LogP contribution < -0.4 is 10.5 Å². The predicted molar refractivity (Wildman–Crippen MR) is 73.3 cm³/mol. The summed E-state index contributed by atoms with van der Waals surface area (Å²) in [5.74, 6) is 0.873. The third-order valence-electron chi connectivity index (χ3n) is 2.63. The molecule has 3 rings (SSSR count). The molecule has 0 aliphatic heterocycles. The van der Waals surface area contributed by atoms with Gasteiger partial charge < -0.3 is 9.88 Å². The van der Waals surface area contributed by atoms with E-state index >= 15 is 0 Å². The summed E-state index contributed by atoms with van der Waals surface area (Å²) in [4.78, 5) is 37.1. The van der Waals surface area contributed by atoms with E-state index in [4.69, 9.17) is 0 Å². The topological polar surface area (TPSA) is 101 Å². The molecule has 0 spiro atoms. The van der Waals surface area contributed by atoms with Crippen LogP contribution in [0.25, 0.3) is 22.7 Å². The van der Waals surface area contributed by atoms with Gasteiger partial charge in [0.25, 0.3) is 5.56 Å². The lowest BCUT2D eigenvalue weighted by molar-refractivity contribution is 0.990. The highest BCUT2D eigenvalue weighted by Crippen LogP contribution is 2.14. The average molecular weight is 269 g/mol. The van der Waals surface area contributed by atoms with Gasteiger partial charge in [-0.3, -0.25) is 4.79 Å². The van der Waals surface area contributed by atoms with E-state index in [1.54, 1.807) is 17.2 Å². The Hall–Kier alpha value is -2.90. The molecule has 0 fully saturated rings. The average Bonchev–Trinajstić information content (AvgIpc) is 2.47. The number of aromatic amines is 1. The lowest BCUT2D eigenvalue weighted by Gasteiger charge is -2.10. The summed E-state index contributed by atoms with van der Waals surface area (Å²) in [5.41, 5.74) is 0.672. The van der Waals surface area contributed by atoms with E-state index in [2.05, 4.69) is 29.9 Å². The predicted octanol–water partition coefficient (Wildman–Crippen LogP) is 0.236. The molecule has 0 unspecified atom stereocenters. The summed E-state index contributed by atoms with van der Waals surface area (Å²) >= 11 is 0. The number of nitrogens with zero attached hydrogens (tertiary/aromatic N) is 6. The Morgan fingerprint density at radius 3 is 2.65 bits per heavy atom. The van der Waals surface area contributed by atoms with Crippen molar-refractivity contribution in [2.75, 3.05) is 19.0 Å². The number of hydrogen-bond acceptors (Lipinski definition) is 7. The Balaban J connectivity index is 2.20. The maximum absolute atomic E-state index is 11.9. The number of fused-ring (bicyclic) bond motifs is 1. The first kappa shape index (κ1) is 12.2. The van der Waals surface area contributed by atoms with Crippen molar-refractivity contribution in [1.82, 2.24) is 29.9 Å². The van der Waals surface area contributed by atoms with Gasteiger partial charge in [0.15, 0.2) is 17.0 Å². The number of nitrogens with one attached hydrogen (secondary N) is 1. The molecule has 8 heteroatoms. The van der Waals surface area contributed by atoms with E-state index in [-0.39, 0.29) is 16.7 Å². The van der Waals surface area contributed by atoms with Gasteiger partial charge >= 0.3 is 0 Å². The first-order valence-electron chi connectivity index (χ1n) is 5.87.